The number of halogens is 1. The average molecular weight is 298 g/mol. The van der Waals surface area contributed by atoms with E-state index in [1.54, 1.807) is 23.9 Å². The molecule has 3 nitrogen and oxygen atoms in total. The molecule has 1 aromatic carbocycles. The molecule has 0 atom stereocenters. The van der Waals surface area contributed by atoms with Crippen LogP contribution in [0.3, 0.4) is 0 Å². The van der Waals surface area contributed by atoms with E-state index < -0.39 is 0 Å². The molecule has 0 saturated heterocycles. The number of carbonyl (C=O) groups is 1. The number of ether oxygens (including phenoxy) is 2. The van der Waals surface area contributed by atoms with Gasteiger partial charge in [0.05, 0.1) is 20.6 Å². The zero-order valence-corrected chi connectivity index (χ0v) is 12.6. The van der Waals surface area contributed by atoms with E-state index in [9.17, 15) is 9.18 Å². The Morgan fingerprint density at radius 2 is 2.15 bits per heavy atom. The first-order valence-corrected chi connectivity index (χ1v) is 7.71. The van der Waals surface area contributed by atoms with Crippen molar-refractivity contribution in [3.8, 4) is 5.75 Å². The molecule has 2 rings (SSSR count). The molecule has 0 bridgehead atoms. The lowest BCUT2D eigenvalue weighted by molar-refractivity contribution is -0.141. The van der Waals surface area contributed by atoms with Gasteiger partial charge in [0.15, 0.2) is 0 Å². The second-order valence-electron chi connectivity index (χ2n) is 5.20. The van der Waals surface area contributed by atoms with E-state index in [-0.39, 0.29) is 17.2 Å². The van der Waals surface area contributed by atoms with E-state index in [1.165, 1.54) is 20.3 Å². The largest absolute Gasteiger partial charge is 0.497 e. The maximum atomic E-state index is 13.8. The number of thioether (sulfide) groups is 1. The van der Waals surface area contributed by atoms with Crippen molar-refractivity contribution in [3.63, 3.8) is 0 Å². The molecule has 1 saturated carbocycles. The Hall–Kier alpha value is -1.23. The molecule has 0 unspecified atom stereocenters. The molecule has 1 fully saturated rings. The van der Waals surface area contributed by atoms with Gasteiger partial charge >= 0.3 is 5.97 Å². The third-order valence-electron chi connectivity index (χ3n) is 3.63. The van der Waals surface area contributed by atoms with Gasteiger partial charge in [0.1, 0.15) is 11.6 Å². The molecular formula is C15H19FO3S. The van der Waals surface area contributed by atoms with Gasteiger partial charge in [0.2, 0.25) is 0 Å². The van der Waals surface area contributed by atoms with Crippen LogP contribution in [0.4, 0.5) is 4.39 Å². The zero-order valence-electron chi connectivity index (χ0n) is 11.8. The summed E-state index contributed by atoms with van der Waals surface area (Å²) in [6.07, 6.45) is 2.59. The average Bonchev–Trinajstić information content (AvgIpc) is 3.20. The Morgan fingerprint density at radius 1 is 1.40 bits per heavy atom. The maximum absolute atomic E-state index is 13.8. The Morgan fingerprint density at radius 3 is 2.70 bits per heavy atom. The summed E-state index contributed by atoms with van der Waals surface area (Å²) < 4.78 is 23.5. The van der Waals surface area contributed by atoms with Crippen molar-refractivity contribution in [2.45, 2.75) is 25.0 Å². The number of benzene rings is 1. The minimum absolute atomic E-state index is 0.0840. The van der Waals surface area contributed by atoms with Gasteiger partial charge in [-0.2, -0.15) is 11.8 Å². The predicted octanol–water partition coefficient (Wildman–Crippen LogP) is 3.41. The van der Waals surface area contributed by atoms with Gasteiger partial charge in [0, 0.05) is 11.8 Å². The van der Waals surface area contributed by atoms with Crippen LogP contribution in [0.5, 0.6) is 5.75 Å². The normalized spacial score (nSPS) is 15.8. The van der Waals surface area contributed by atoms with Gasteiger partial charge in [-0.25, -0.2) is 4.39 Å². The second-order valence-corrected chi connectivity index (χ2v) is 6.19. The summed E-state index contributed by atoms with van der Waals surface area (Å²) in [5.41, 5.74) is 0.755. The number of hydrogen-bond acceptors (Lipinski definition) is 4. The van der Waals surface area contributed by atoms with Gasteiger partial charge in [-0.15, -0.1) is 0 Å². The van der Waals surface area contributed by atoms with Crippen LogP contribution in [0.15, 0.2) is 18.2 Å². The lowest BCUT2D eigenvalue weighted by atomic mass is 10.1. The molecule has 0 aromatic heterocycles. The van der Waals surface area contributed by atoms with Crippen LogP contribution in [-0.2, 0) is 15.3 Å². The first-order valence-electron chi connectivity index (χ1n) is 6.55. The molecule has 0 N–H and O–H groups in total. The monoisotopic (exact) mass is 298 g/mol. The third kappa shape index (κ3) is 3.88. The quantitative estimate of drug-likeness (QED) is 0.723. The van der Waals surface area contributed by atoms with Crippen molar-refractivity contribution < 1.29 is 18.7 Å². The summed E-state index contributed by atoms with van der Waals surface area (Å²) in [6.45, 7) is 0. The Balaban J connectivity index is 1.83. The van der Waals surface area contributed by atoms with Crippen LogP contribution in [0.1, 0.15) is 24.8 Å². The molecule has 1 aromatic rings. The van der Waals surface area contributed by atoms with Crippen LogP contribution in [0, 0.1) is 11.2 Å². The SMILES string of the molecule is COC(=O)CC1(CSCc2ccc(OC)cc2F)CC1. The van der Waals surface area contributed by atoms with Crippen molar-refractivity contribution in [1.29, 1.82) is 0 Å². The van der Waals surface area contributed by atoms with Crippen LogP contribution in [0.2, 0.25) is 0 Å². The predicted molar refractivity (Wildman–Crippen MR) is 77.4 cm³/mol. The van der Waals surface area contributed by atoms with Crippen LogP contribution in [0.25, 0.3) is 0 Å². The Bertz CT molecular complexity index is 486. The molecule has 0 amide bonds. The molecule has 0 spiro atoms. The summed E-state index contributed by atoms with van der Waals surface area (Å²) in [7, 11) is 2.94. The fraction of sp³-hybridized carbons (Fsp3) is 0.533. The van der Waals surface area contributed by atoms with E-state index in [0.717, 1.165) is 18.6 Å². The topological polar surface area (TPSA) is 35.5 Å². The van der Waals surface area contributed by atoms with Gasteiger partial charge in [0.25, 0.3) is 0 Å². The highest BCUT2D eigenvalue weighted by atomic mass is 32.2. The lowest BCUT2D eigenvalue weighted by Gasteiger charge is -2.13. The van der Waals surface area contributed by atoms with Gasteiger partial charge in [-0.1, -0.05) is 6.07 Å². The van der Waals surface area contributed by atoms with Crippen molar-refractivity contribution in [1.82, 2.24) is 0 Å². The lowest BCUT2D eigenvalue weighted by Crippen LogP contribution is -2.13. The molecule has 110 valence electrons. The highest BCUT2D eigenvalue weighted by molar-refractivity contribution is 7.98. The first kappa shape index (κ1) is 15.2. The number of esters is 1. The summed E-state index contributed by atoms with van der Waals surface area (Å²) in [6, 6.07) is 4.92. The van der Waals surface area contributed by atoms with Crippen molar-refractivity contribution in [2.75, 3.05) is 20.0 Å². The van der Waals surface area contributed by atoms with Crippen molar-refractivity contribution in [3.05, 3.63) is 29.6 Å². The van der Waals surface area contributed by atoms with Crippen LogP contribution >= 0.6 is 11.8 Å². The number of methoxy groups -OCH3 is 2. The highest BCUT2D eigenvalue weighted by Crippen LogP contribution is 2.51. The summed E-state index contributed by atoms with van der Waals surface area (Å²) in [5.74, 6) is 1.61. The summed E-state index contributed by atoms with van der Waals surface area (Å²) in [5, 5.41) is 0. The maximum Gasteiger partial charge on any atom is 0.306 e. The summed E-state index contributed by atoms with van der Waals surface area (Å²) >= 11 is 1.67. The fourth-order valence-electron chi connectivity index (χ4n) is 2.08. The van der Waals surface area contributed by atoms with E-state index in [4.69, 9.17) is 9.47 Å². The minimum Gasteiger partial charge on any atom is -0.497 e. The van der Waals surface area contributed by atoms with Gasteiger partial charge in [-0.05, 0) is 35.6 Å². The summed E-state index contributed by atoms with van der Waals surface area (Å²) in [4.78, 5) is 11.3. The number of rotatable bonds is 7. The second kappa shape index (κ2) is 6.48. The van der Waals surface area contributed by atoms with Gasteiger partial charge in [-0.3, -0.25) is 4.79 Å². The molecule has 1 aliphatic rings. The van der Waals surface area contributed by atoms with Crippen molar-refractivity contribution in [2.24, 2.45) is 5.41 Å². The van der Waals surface area contributed by atoms with Gasteiger partial charge < -0.3 is 9.47 Å². The van der Waals surface area contributed by atoms with E-state index in [2.05, 4.69) is 0 Å². The number of hydrogen-bond donors (Lipinski definition) is 0. The molecule has 0 radical (unpaired) electrons. The fourth-order valence-corrected chi connectivity index (χ4v) is 3.46. The Labute approximate surface area is 122 Å². The van der Waals surface area contributed by atoms with E-state index >= 15 is 0 Å². The molecule has 20 heavy (non-hydrogen) atoms. The standard InChI is InChI=1S/C15H19FO3S/c1-18-12-4-3-11(13(16)7-12)9-20-10-15(5-6-15)8-14(17)19-2/h3-4,7H,5-6,8-10H2,1-2H3. The highest BCUT2D eigenvalue weighted by Gasteiger charge is 2.44. The molecule has 1 aliphatic carbocycles. The minimum atomic E-state index is -0.241. The van der Waals surface area contributed by atoms with E-state index in [1.807, 2.05) is 0 Å². The number of carbonyl (C=O) groups excluding carboxylic acids is 1. The van der Waals surface area contributed by atoms with E-state index in [0.29, 0.717) is 23.5 Å². The zero-order chi connectivity index (χ0) is 14.6. The first-order chi connectivity index (χ1) is 9.58. The smallest absolute Gasteiger partial charge is 0.306 e. The van der Waals surface area contributed by atoms with Crippen LogP contribution in [-0.4, -0.2) is 25.9 Å². The molecule has 0 aliphatic heterocycles. The molecule has 5 heteroatoms. The Kier molecular flexibility index (Phi) is 4.91. The van der Waals surface area contributed by atoms with Crippen molar-refractivity contribution >= 4 is 17.7 Å². The molecular weight excluding hydrogens is 279 g/mol. The third-order valence-corrected chi connectivity index (χ3v) is 4.96. The molecule has 0 heterocycles. The van der Waals surface area contributed by atoms with Crippen LogP contribution < -0.4 is 4.74 Å².